The van der Waals surface area contributed by atoms with E-state index in [1.165, 1.54) is 24.1 Å². The highest BCUT2D eigenvalue weighted by atomic mass is 35.5. The molecule has 2 aliphatic heterocycles. The summed E-state index contributed by atoms with van der Waals surface area (Å²) in [7, 11) is 0. The molecule has 0 aliphatic carbocycles. The van der Waals surface area contributed by atoms with Gasteiger partial charge in [0.1, 0.15) is 5.82 Å². The third kappa shape index (κ3) is 7.69. The minimum atomic E-state index is -0.675. The smallest absolute Gasteiger partial charge is 0.239 e. The number of ether oxygens (including phenoxy) is 1. The summed E-state index contributed by atoms with van der Waals surface area (Å²) in [5, 5.41) is 4.08. The Morgan fingerprint density at radius 3 is 2.82 bits per heavy atom. The molecule has 2 aromatic carbocycles. The molecule has 2 atom stereocenters. The van der Waals surface area contributed by atoms with Gasteiger partial charge >= 0.3 is 0 Å². The number of benzene rings is 2. The number of amides is 3. The minimum Gasteiger partial charge on any atom is -0.378 e. The number of aromatic nitrogens is 1. The van der Waals surface area contributed by atoms with Crippen LogP contribution in [0.1, 0.15) is 25.3 Å². The van der Waals surface area contributed by atoms with E-state index in [2.05, 4.69) is 15.3 Å². The quantitative estimate of drug-likeness (QED) is 0.241. The van der Waals surface area contributed by atoms with Gasteiger partial charge in [-0.2, -0.15) is 5.06 Å². The molecule has 3 amide bonds. The Balaban J connectivity index is 1.30. The van der Waals surface area contributed by atoms with E-state index in [0.717, 1.165) is 28.9 Å². The maximum atomic E-state index is 14.1. The van der Waals surface area contributed by atoms with Crippen molar-refractivity contribution in [1.29, 1.82) is 0 Å². The second-order valence-electron chi connectivity index (χ2n) is 10.9. The Morgan fingerprint density at radius 1 is 1.20 bits per heavy atom. The fourth-order valence-electron chi connectivity index (χ4n) is 5.57. The van der Waals surface area contributed by atoms with Gasteiger partial charge in [-0.05, 0) is 29.5 Å². The predicted molar refractivity (Wildman–Crippen MR) is 163 cm³/mol. The predicted octanol–water partition coefficient (Wildman–Crippen LogP) is 3.17. The molecule has 3 heterocycles. The van der Waals surface area contributed by atoms with Gasteiger partial charge in [0, 0.05) is 57.7 Å². The SMILES string of the molecule is CC(=O)N(NCc1cccc(F)c1Cl)[C@@H](CCC(=O)N1CCN2CCOCC2C1)CON(C=O)c1cc2ccccc2cn1. The van der Waals surface area contributed by atoms with Crippen LogP contribution >= 0.6 is 11.6 Å². The number of hydrazine groups is 1. The lowest BCUT2D eigenvalue weighted by Gasteiger charge is -2.43. The third-order valence-corrected chi connectivity index (χ3v) is 8.43. The topological polar surface area (TPSA) is 108 Å². The highest BCUT2D eigenvalue weighted by Gasteiger charge is 2.32. The number of nitrogens with zero attached hydrogens (tertiary/aromatic N) is 5. The summed E-state index contributed by atoms with van der Waals surface area (Å²) in [6.07, 6.45) is 2.53. The standard InChI is InChI=1S/C31H36ClFN6O5/c1-22(41)39(35-17-25-7-4-8-28(33)31(25)32)26(9-10-30(42)37-12-11-36-13-14-43-19-27(36)18-37)20-44-38(21-40)29-15-23-5-2-3-6-24(23)16-34-29/h2-8,15-16,21,26-27,35H,9-14,17-20H2,1H3/t26-,27?/m0/s1. The molecule has 1 N–H and O–H groups in total. The van der Waals surface area contributed by atoms with Crippen molar-refractivity contribution in [1.82, 2.24) is 25.2 Å². The van der Waals surface area contributed by atoms with Gasteiger partial charge in [0.05, 0.1) is 36.9 Å². The van der Waals surface area contributed by atoms with Crippen molar-refractivity contribution < 1.29 is 28.3 Å². The van der Waals surface area contributed by atoms with Crippen LogP contribution in [-0.2, 0) is 30.5 Å². The summed E-state index contributed by atoms with van der Waals surface area (Å²) in [6.45, 7) is 5.44. The fourth-order valence-corrected chi connectivity index (χ4v) is 5.76. The summed E-state index contributed by atoms with van der Waals surface area (Å²) in [4.78, 5) is 52.7. The molecule has 0 spiro atoms. The average Bonchev–Trinajstić information content (AvgIpc) is 3.04. The number of hydroxylamine groups is 1. The Morgan fingerprint density at radius 2 is 2.02 bits per heavy atom. The van der Waals surface area contributed by atoms with E-state index in [0.29, 0.717) is 38.3 Å². The molecule has 0 bridgehead atoms. The van der Waals surface area contributed by atoms with Crippen LogP contribution in [-0.4, -0.2) is 96.1 Å². The lowest BCUT2D eigenvalue weighted by Crippen LogP contribution is -2.59. The molecule has 0 radical (unpaired) electrons. The second-order valence-corrected chi connectivity index (χ2v) is 11.2. The summed E-state index contributed by atoms with van der Waals surface area (Å²) >= 11 is 6.15. The lowest BCUT2D eigenvalue weighted by atomic mass is 10.1. The summed E-state index contributed by atoms with van der Waals surface area (Å²) in [5.74, 6) is -0.692. The van der Waals surface area contributed by atoms with Gasteiger partial charge in [-0.15, -0.1) is 0 Å². The first kappa shape index (κ1) is 31.7. The zero-order chi connectivity index (χ0) is 31.1. The number of piperazine rings is 1. The zero-order valence-corrected chi connectivity index (χ0v) is 25.3. The molecular formula is C31H36ClFN6O5. The molecule has 2 aliphatic rings. The van der Waals surface area contributed by atoms with E-state index in [1.54, 1.807) is 18.3 Å². The van der Waals surface area contributed by atoms with E-state index in [9.17, 15) is 18.8 Å². The van der Waals surface area contributed by atoms with Crippen LogP contribution in [0.2, 0.25) is 5.02 Å². The van der Waals surface area contributed by atoms with Crippen molar-refractivity contribution in [3.05, 3.63) is 71.1 Å². The highest BCUT2D eigenvalue weighted by Crippen LogP contribution is 2.22. The first-order valence-electron chi connectivity index (χ1n) is 14.6. The number of carbonyl (C=O) groups is 3. The number of nitrogens with one attached hydrogen (secondary N) is 1. The summed E-state index contributed by atoms with van der Waals surface area (Å²) in [6, 6.07) is 13.2. The van der Waals surface area contributed by atoms with Crippen molar-refractivity contribution in [2.45, 2.75) is 38.4 Å². The first-order valence-corrected chi connectivity index (χ1v) is 15.0. The second kappa shape index (κ2) is 14.9. The van der Waals surface area contributed by atoms with Gasteiger partial charge in [-0.3, -0.25) is 29.1 Å². The molecule has 5 rings (SSSR count). The molecule has 234 valence electrons. The normalized spacial score (nSPS) is 17.6. The van der Waals surface area contributed by atoms with Crippen LogP contribution in [0.15, 0.2) is 54.7 Å². The number of rotatable bonds is 12. The molecular weight excluding hydrogens is 591 g/mol. The number of fused-ring (bicyclic) bond motifs is 2. The van der Waals surface area contributed by atoms with Gasteiger partial charge in [0.2, 0.25) is 18.2 Å². The summed E-state index contributed by atoms with van der Waals surface area (Å²) < 4.78 is 19.7. The molecule has 13 heteroatoms. The van der Waals surface area contributed by atoms with Crippen LogP contribution < -0.4 is 10.5 Å². The molecule has 11 nitrogen and oxygen atoms in total. The van der Waals surface area contributed by atoms with Crippen LogP contribution in [0.25, 0.3) is 10.8 Å². The number of hydrogen-bond donors (Lipinski definition) is 1. The number of anilines is 1. The summed E-state index contributed by atoms with van der Waals surface area (Å²) in [5.41, 5.74) is 3.49. The van der Waals surface area contributed by atoms with E-state index < -0.39 is 11.9 Å². The monoisotopic (exact) mass is 626 g/mol. The Kier molecular flexibility index (Phi) is 10.7. The van der Waals surface area contributed by atoms with E-state index >= 15 is 0 Å². The van der Waals surface area contributed by atoms with E-state index in [-0.39, 0.29) is 54.7 Å². The molecule has 1 unspecified atom stereocenters. The Labute approximate surface area is 260 Å². The molecule has 1 aromatic heterocycles. The molecule has 44 heavy (non-hydrogen) atoms. The van der Waals surface area contributed by atoms with Gasteiger partial charge in [-0.25, -0.2) is 14.8 Å². The zero-order valence-electron chi connectivity index (χ0n) is 24.5. The minimum absolute atomic E-state index is 0.0414. The number of morpholine rings is 1. The lowest BCUT2D eigenvalue weighted by molar-refractivity contribution is -0.141. The third-order valence-electron chi connectivity index (χ3n) is 8.00. The van der Waals surface area contributed by atoms with Crippen molar-refractivity contribution in [3.63, 3.8) is 0 Å². The van der Waals surface area contributed by atoms with Crippen LogP contribution in [0.3, 0.4) is 0 Å². The largest absolute Gasteiger partial charge is 0.378 e. The molecule has 2 saturated heterocycles. The number of hydrogen-bond acceptors (Lipinski definition) is 8. The van der Waals surface area contributed by atoms with Gasteiger partial charge < -0.3 is 9.64 Å². The van der Waals surface area contributed by atoms with Crippen molar-refractivity contribution in [3.8, 4) is 0 Å². The maximum Gasteiger partial charge on any atom is 0.239 e. The number of halogens is 2. The maximum absolute atomic E-state index is 14.1. The fraction of sp³-hybridized carbons (Fsp3) is 0.419. The van der Waals surface area contributed by atoms with E-state index in [4.69, 9.17) is 21.2 Å². The van der Waals surface area contributed by atoms with Crippen molar-refractivity contribution in [2.75, 3.05) is 51.1 Å². The molecule has 2 fully saturated rings. The van der Waals surface area contributed by atoms with Gasteiger partial charge in [0.25, 0.3) is 0 Å². The first-order chi connectivity index (χ1) is 21.3. The Bertz CT molecular complexity index is 1480. The van der Waals surface area contributed by atoms with E-state index in [1.807, 2.05) is 29.2 Å². The highest BCUT2D eigenvalue weighted by molar-refractivity contribution is 6.31. The average molecular weight is 627 g/mol. The Hall–Kier alpha value is -3.68. The number of carbonyl (C=O) groups excluding carboxylic acids is 3. The van der Waals surface area contributed by atoms with Crippen molar-refractivity contribution in [2.24, 2.45) is 0 Å². The van der Waals surface area contributed by atoms with Crippen LogP contribution in [0.4, 0.5) is 10.2 Å². The number of pyridine rings is 1. The van der Waals surface area contributed by atoms with Crippen LogP contribution in [0.5, 0.6) is 0 Å². The van der Waals surface area contributed by atoms with Gasteiger partial charge in [-0.1, -0.05) is 48.0 Å². The van der Waals surface area contributed by atoms with Gasteiger partial charge in [0.15, 0.2) is 5.82 Å². The van der Waals surface area contributed by atoms with Crippen LogP contribution in [0, 0.1) is 5.82 Å². The molecule has 3 aromatic rings. The molecule has 0 saturated carbocycles. The van der Waals surface area contributed by atoms with Crippen molar-refractivity contribution >= 4 is 46.4 Å².